The monoisotopic (exact) mass is 254 g/mol. The highest BCUT2D eigenvalue weighted by Crippen LogP contribution is 2.27. The summed E-state index contributed by atoms with van der Waals surface area (Å²) in [6.45, 7) is 0.862. The Bertz CT molecular complexity index is 384. The van der Waals surface area contributed by atoms with Gasteiger partial charge in [0.05, 0.1) is 16.8 Å². The molecule has 2 rings (SSSR count). The van der Waals surface area contributed by atoms with Gasteiger partial charge in [0, 0.05) is 12.2 Å². The molecule has 1 aromatic rings. The zero-order chi connectivity index (χ0) is 12.3. The standard InChI is InChI=1S/C13H19ClN2O/c14-12-7-10(15)4-5-13(12)16-8-9-2-1-3-11(17)6-9/h4-5,7,9,11,16-17H,1-3,6,8,15H2. The first-order chi connectivity index (χ1) is 8.15. The van der Waals surface area contributed by atoms with Crippen LogP contribution in [-0.4, -0.2) is 17.8 Å². The van der Waals surface area contributed by atoms with Gasteiger partial charge in [-0.15, -0.1) is 0 Å². The van der Waals surface area contributed by atoms with Gasteiger partial charge in [-0.25, -0.2) is 0 Å². The maximum atomic E-state index is 9.60. The van der Waals surface area contributed by atoms with E-state index in [0.717, 1.165) is 31.5 Å². The number of nitrogen functional groups attached to an aromatic ring is 1. The van der Waals surface area contributed by atoms with Crippen molar-refractivity contribution in [3.63, 3.8) is 0 Å². The maximum absolute atomic E-state index is 9.60. The number of rotatable bonds is 3. The number of anilines is 2. The summed E-state index contributed by atoms with van der Waals surface area (Å²) in [7, 11) is 0. The van der Waals surface area contributed by atoms with Crippen LogP contribution in [0.15, 0.2) is 18.2 Å². The second kappa shape index (κ2) is 5.61. The number of benzene rings is 1. The van der Waals surface area contributed by atoms with E-state index >= 15 is 0 Å². The van der Waals surface area contributed by atoms with Crippen LogP contribution in [0.4, 0.5) is 11.4 Å². The van der Waals surface area contributed by atoms with Gasteiger partial charge in [-0.2, -0.15) is 0 Å². The molecular weight excluding hydrogens is 236 g/mol. The maximum Gasteiger partial charge on any atom is 0.0657 e. The largest absolute Gasteiger partial charge is 0.399 e. The van der Waals surface area contributed by atoms with Gasteiger partial charge in [0.2, 0.25) is 0 Å². The number of hydrogen-bond donors (Lipinski definition) is 3. The lowest BCUT2D eigenvalue weighted by Crippen LogP contribution is -2.25. The zero-order valence-corrected chi connectivity index (χ0v) is 10.6. The van der Waals surface area contributed by atoms with Gasteiger partial charge in [0.15, 0.2) is 0 Å². The van der Waals surface area contributed by atoms with Crippen LogP contribution >= 0.6 is 11.6 Å². The number of halogens is 1. The van der Waals surface area contributed by atoms with E-state index in [1.807, 2.05) is 12.1 Å². The number of hydrogen-bond acceptors (Lipinski definition) is 3. The van der Waals surface area contributed by atoms with Crippen LogP contribution < -0.4 is 11.1 Å². The summed E-state index contributed by atoms with van der Waals surface area (Å²) in [6, 6.07) is 5.49. The fraction of sp³-hybridized carbons (Fsp3) is 0.538. The summed E-state index contributed by atoms with van der Waals surface area (Å²) in [6.07, 6.45) is 4.00. The first kappa shape index (κ1) is 12.5. The third kappa shape index (κ3) is 3.51. The van der Waals surface area contributed by atoms with Crippen LogP contribution in [-0.2, 0) is 0 Å². The molecule has 2 atom stereocenters. The molecule has 1 aliphatic carbocycles. The Labute approximate surface area is 107 Å². The quantitative estimate of drug-likeness (QED) is 0.727. The number of aliphatic hydroxyl groups is 1. The van der Waals surface area contributed by atoms with Crippen LogP contribution in [0.3, 0.4) is 0 Å². The Morgan fingerprint density at radius 3 is 2.94 bits per heavy atom. The molecule has 0 radical (unpaired) electrons. The lowest BCUT2D eigenvalue weighted by atomic mass is 9.87. The molecular formula is C13H19ClN2O. The molecule has 0 spiro atoms. The summed E-state index contributed by atoms with van der Waals surface area (Å²) in [4.78, 5) is 0. The van der Waals surface area contributed by atoms with Gasteiger partial charge < -0.3 is 16.2 Å². The fourth-order valence-corrected chi connectivity index (χ4v) is 2.63. The van der Waals surface area contributed by atoms with E-state index in [9.17, 15) is 5.11 Å². The molecule has 4 heteroatoms. The van der Waals surface area contributed by atoms with Crippen LogP contribution in [0.25, 0.3) is 0 Å². The average molecular weight is 255 g/mol. The van der Waals surface area contributed by atoms with Crippen LogP contribution in [0, 0.1) is 5.92 Å². The predicted molar refractivity (Wildman–Crippen MR) is 72.3 cm³/mol. The van der Waals surface area contributed by atoms with E-state index in [0.29, 0.717) is 16.6 Å². The van der Waals surface area contributed by atoms with Gasteiger partial charge in [0.25, 0.3) is 0 Å². The molecule has 0 bridgehead atoms. The van der Waals surface area contributed by atoms with E-state index in [-0.39, 0.29) is 6.10 Å². The molecule has 1 aromatic carbocycles. The average Bonchev–Trinajstić information content (AvgIpc) is 2.28. The molecule has 94 valence electrons. The summed E-state index contributed by atoms with van der Waals surface area (Å²) in [5.74, 6) is 0.535. The third-order valence-electron chi connectivity index (χ3n) is 3.33. The Hall–Kier alpha value is -0.930. The number of nitrogens with two attached hydrogens (primary N) is 1. The summed E-state index contributed by atoms with van der Waals surface area (Å²) in [5.41, 5.74) is 7.23. The van der Waals surface area contributed by atoms with E-state index in [1.165, 1.54) is 6.42 Å². The zero-order valence-electron chi connectivity index (χ0n) is 9.82. The molecule has 4 N–H and O–H groups in total. The van der Waals surface area contributed by atoms with Gasteiger partial charge in [-0.1, -0.05) is 18.0 Å². The topological polar surface area (TPSA) is 58.3 Å². The predicted octanol–water partition coefficient (Wildman–Crippen LogP) is 2.89. The normalized spacial score (nSPS) is 24.6. The van der Waals surface area contributed by atoms with E-state index in [2.05, 4.69) is 5.32 Å². The molecule has 17 heavy (non-hydrogen) atoms. The molecule has 0 aliphatic heterocycles. The minimum atomic E-state index is -0.127. The number of nitrogens with one attached hydrogen (secondary N) is 1. The van der Waals surface area contributed by atoms with Crippen molar-refractivity contribution in [3.05, 3.63) is 23.2 Å². The summed E-state index contributed by atoms with van der Waals surface area (Å²) < 4.78 is 0. The van der Waals surface area contributed by atoms with Gasteiger partial charge >= 0.3 is 0 Å². The number of aliphatic hydroxyl groups excluding tert-OH is 1. The van der Waals surface area contributed by atoms with Crippen molar-refractivity contribution in [2.24, 2.45) is 5.92 Å². The lowest BCUT2D eigenvalue weighted by molar-refractivity contribution is 0.105. The highest BCUT2D eigenvalue weighted by atomic mass is 35.5. The van der Waals surface area contributed by atoms with Gasteiger partial charge in [-0.05, 0) is 43.4 Å². The van der Waals surface area contributed by atoms with Crippen molar-refractivity contribution in [1.82, 2.24) is 0 Å². The van der Waals surface area contributed by atoms with Crippen molar-refractivity contribution in [3.8, 4) is 0 Å². The SMILES string of the molecule is Nc1ccc(NCC2CCCC(O)C2)c(Cl)c1. The van der Waals surface area contributed by atoms with Crippen molar-refractivity contribution in [2.45, 2.75) is 31.8 Å². The Kier molecular flexibility index (Phi) is 4.13. The molecule has 1 saturated carbocycles. The van der Waals surface area contributed by atoms with Crippen molar-refractivity contribution in [2.75, 3.05) is 17.6 Å². The lowest BCUT2D eigenvalue weighted by Gasteiger charge is -2.26. The van der Waals surface area contributed by atoms with Crippen LogP contribution in [0.2, 0.25) is 5.02 Å². The van der Waals surface area contributed by atoms with Gasteiger partial charge in [0.1, 0.15) is 0 Å². The first-order valence-corrected chi connectivity index (χ1v) is 6.50. The molecule has 1 aliphatic rings. The molecule has 0 heterocycles. The van der Waals surface area contributed by atoms with Crippen molar-refractivity contribution < 1.29 is 5.11 Å². The fourth-order valence-electron chi connectivity index (χ4n) is 2.38. The van der Waals surface area contributed by atoms with Crippen LogP contribution in [0.1, 0.15) is 25.7 Å². The second-order valence-corrected chi connectivity index (χ2v) is 5.21. The molecule has 0 amide bonds. The molecule has 3 nitrogen and oxygen atoms in total. The molecule has 2 unspecified atom stereocenters. The van der Waals surface area contributed by atoms with E-state index < -0.39 is 0 Å². The third-order valence-corrected chi connectivity index (χ3v) is 3.64. The minimum Gasteiger partial charge on any atom is -0.399 e. The van der Waals surface area contributed by atoms with Crippen molar-refractivity contribution >= 4 is 23.0 Å². The van der Waals surface area contributed by atoms with E-state index in [1.54, 1.807) is 6.07 Å². The van der Waals surface area contributed by atoms with E-state index in [4.69, 9.17) is 17.3 Å². The summed E-state index contributed by atoms with van der Waals surface area (Å²) >= 11 is 6.08. The second-order valence-electron chi connectivity index (χ2n) is 4.81. The Morgan fingerprint density at radius 2 is 2.24 bits per heavy atom. The molecule has 1 fully saturated rings. The minimum absolute atomic E-state index is 0.127. The Morgan fingerprint density at radius 1 is 1.41 bits per heavy atom. The van der Waals surface area contributed by atoms with Gasteiger partial charge in [-0.3, -0.25) is 0 Å². The smallest absolute Gasteiger partial charge is 0.0657 e. The molecule has 0 saturated heterocycles. The Balaban J connectivity index is 1.88. The highest BCUT2D eigenvalue weighted by molar-refractivity contribution is 6.33. The first-order valence-electron chi connectivity index (χ1n) is 6.12. The van der Waals surface area contributed by atoms with Crippen molar-refractivity contribution in [1.29, 1.82) is 0 Å². The van der Waals surface area contributed by atoms with Crippen LogP contribution in [0.5, 0.6) is 0 Å². The highest BCUT2D eigenvalue weighted by Gasteiger charge is 2.19. The molecule has 0 aromatic heterocycles. The summed E-state index contributed by atoms with van der Waals surface area (Å²) in [5, 5.41) is 13.6.